The summed E-state index contributed by atoms with van der Waals surface area (Å²) in [7, 11) is 0. The molecule has 1 aromatic heterocycles. The van der Waals surface area contributed by atoms with Gasteiger partial charge in [-0.05, 0) is 36.8 Å². The number of nitrogens with one attached hydrogen (secondary N) is 1. The number of benzene rings is 1. The maximum absolute atomic E-state index is 11.5. The van der Waals surface area contributed by atoms with Crippen molar-refractivity contribution in [3.63, 3.8) is 0 Å². The molecule has 0 atom stereocenters. The molecule has 0 spiro atoms. The van der Waals surface area contributed by atoms with Gasteiger partial charge >= 0.3 is 5.97 Å². The molecule has 1 aromatic carbocycles. The normalized spacial score (nSPS) is 10.2. The first-order valence-corrected chi connectivity index (χ1v) is 5.72. The average Bonchev–Trinajstić information content (AvgIpc) is 2.89. The summed E-state index contributed by atoms with van der Waals surface area (Å²) in [6, 6.07) is 9.43. The molecule has 1 N–H and O–H groups in total. The molecule has 1 heterocycles. The number of carbonyl (C=O) groups excluding carboxylic acids is 1. The van der Waals surface area contributed by atoms with Gasteiger partial charge in [0.25, 0.3) is 5.69 Å². The molecule has 0 aliphatic heterocycles. The van der Waals surface area contributed by atoms with Crippen molar-refractivity contribution in [3.05, 3.63) is 52.2 Å². The molecule has 0 amide bonds. The first kappa shape index (κ1) is 12.8. The number of ether oxygens (including phenoxy) is 1. The van der Waals surface area contributed by atoms with Crippen LogP contribution in [0.3, 0.4) is 0 Å². The van der Waals surface area contributed by atoms with E-state index in [9.17, 15) is 14.9 Å². The van der Waals surface area contributed by atoms with Crippen molar-refractivity contribution in [2.45, 2.75) is 6.92 Å². The van der Waals surface area contributed by atoms with Crippen LogP contribution in [-0.2, 0) is 4.74 Å². The molecule has 0 saturated carbocycles. The van der Waals surface area contributed by atoms with Gasteiger partial charge in [0.2, 0.25) is 0 Å². The molecule has 0 aliphatic carbocycles. The van der Waals surface area contributed by atoms with Crippen LogP contribution in [0.4, 0.5) is 5.69 Å². The van der Waals surface area contributed by atoms with Crippen LogP contribution in [0.15, 0.2) is 36.4 Å². The van der Waals surface area contributed by atoms with Gasteiger partial charge in [-0.3, -0.25) is 10.1 Å². The molecule has 19 heavy (non-hydrogen) atoms. The number of H-pyrrole nitrogens is 1. The number of aromatic nitrogens is 1. The number of esters is 1. The van der Waals surface area contributed by atoms with Gasteiger partial charge in [-0.15, -0.1) is 0 Å². The highest BCUT2D eigenvalue weighted by Gasteiger charge is 2.11. The van der Waals surface area contributed by atoms with Gasteiger partial charge in [-0.1, -0.05) is 0 Å². The van der Waals surface area contributed by atoms with E-state index >= 15 is 0 Å². The Balaban J connectivity index is 2.23. The first-order valence-electron chi connectivity index (χ1n) is 5.72. The lowest BCUT2D eigenvalue weighted by Gasteiger charge is -1.99. The van der Waals surface area contributed by atoms with E-state index in [0.29, 0.717) is 18.0 Å². The summed E-state index contributed by atoms with van der Waals surface area (Å²) in [5.74, 6) is -0.421. The maximum atomic E-state index is 11.5. The van der Waals surface area contributed by atoms with E-state index in [1.54, 1.807) is 31.2 Å². The highest BCUT2D eigenvalue weighted by Crippen LogP contribution is 2.22. The number of hydrogen-bond donors (Lipinski definition) is 1. The van der Waals surface area contributed by atoms with E-state index in [1.807, 2.05) is 0 Å². The fourth-order valence-corrected chi connectivity index (χ4v) is 1.65. The summed E-state index contributed by atoms with van der Waals surface area (Å²) in [4.78, 5) is 24.5. The molecule has 0 fully saturated rings. The van der Waals surface area contributed by atoms with Crippen LogP contribution >= 0.6 is 0 Å². The monoisotopic (exact) mass is 260 g/mol. The van der Waals surface area contributed by atoms with Crippen molar-refractivity contribution in [3.8, 4) is 11.3 Å². The minimum atomic E-state index is -0.456. The molecule has 98 valence electrons. The Bertz CT molecular complexity index is 601. The number of carbonyl (C=O) groups is 1. The Kier molecular flexibility index (Phi) is 3.61. The number of hydrogen-bond acceptors (Lipinski definition) is 4. The minimum Gasteiger partial charge on any atom is -0.461 e. The quantitative estimate of drug-likeness (QED) is 0.520. The molecule has 6 heteroatoms. The van der Waals surface area contributed by atoms with Crippen molar-refractivity contribution in [2.24, 2.45) is 0 Å². The number of nitro groups is 1. The van der Waals surface area contributed by atoms with Crippen LogP contribution < -0.4 is 0 Å². The Morgan fingerprint density at radius 1 is 1.26 bits per heavy atom. The van der Waals surface area contributed by atoms with E-state index in [2.05, 4.69) is 4.98 Å². The largest absolute Gasteiger partial charge is 0.461 e. The maximum Gasteiger partial charge on any atom is 0.354 e. The van der Waals surface area contributed by atoms with Gasteiger partial charge in [-0.25, -0.2) is 4.79 Å². The lowest BCUT2D eigenvalue weighted by molar-refractivity contribution is -0.384. The Morgan fingerprint density at radius 3 is 2.53 bits per heavy atom. The van der Waals surface area contributed by atoms with Crippen molar-refractivity contribution >= 4 is 11.7 Å². The van der Waals surface area contributed by atoms with E-state index in [1.165, 1.54) is 12.1 Å². The number of nitro benzene ring substituents is 1. The lowest BCUT2D eigenvalue weighted by atomic mass is 10.1. The highest BCUT2D eigenvalue weighted by atomic mass is 16.6. The minimum absolute atomic E-state index is 0.0286. The fraction of sp³-hybridized carbons (Fsp3) is 0.154. The fourth-order valence-electron chi connectivity index (χ4n) is 1.65. The number of non-ortho nitro benzene ring substituents is 1. The Morgan fingerprint density at radius 2 is 1.95 bits per heavy atom. The molecule has 0 saturated heterocycles. The van der Waals surface area contributed by atoms with Gasteiger partial charge in [0.05, 0.1) is 11.5 Å². The van der Waals surface area contributed by atoms with Crippen LogP contribution in [-0.4, -0.2) is 22.5 Å². The predicted molar refractivity (Wildman–Crippen MR) is 68.8 cm³/mol. The average molecular weight is 260 g/mol. The second kappa shape index (κ2) is 5.34. The summed E-state index contributed by atoms with van der Waals surface area (Å²) >= 11 is 0. The lowest BCUT2D eigenvalue weighted by Crippen LogP contribution is -2.04. The van der Waals surface area contributed by atoms with Crippen molar-refractivity contribution < 1.29 is 14.5 Å². The van der Waals surface area contributed by atoms with Crippen molar-refractivity contribution in [1.29, 1.82) is 0 Å². The summed E-state index contributed by atoms with van der Waals surface area (Å²) in [5.41, 5.74) is 1.86. The zero-order chi connectivity index (χ0) is 13.8. The third-order valence-electron chi connectivity index (χ3n) is 2.57. The smallest absolute Gasteiger partial charge is 0.354 e. The molecule has 0 radical (unpaired) electrons. The topological polar surface area (TPSA) is 85.2 Å². The van der Waals surface area contributed by atoms with Crippen LogP contribution in [0.1, 0.15) is 17.4 Å². The zero-order valence-electron chi connectivity index (χ0n) is 10.3. The standard InChI is InChI=1S/C13H12N2O4/c1-2-19-13(16)12-8-7-11(14-12)9-3-5-10(6-4-9)15(17)18/h3-8,14H,2H2,1H3. The molecule has 6 nitrogen and oxygen atoms in total. The van der Waals surface area contributed by atoms with Gasteiger partial charge in [0, 0.05) is 17.8 Å². The molecule has 0 bridgehead atoms. The zero-order valence-corrected chi connectivity index (χ0v) is 10.3. The van der Waals surface area contributed by atoms with Gasteiger partial charge in [-0.2, -0.15) is 0 Å². The predicted octanol–water partition coefficient (Wildman–Crippen LogP) is 2.77. The van der Waals surface area contributed by atoms with E-state index < -0.39 is 10.9 Å². The van der Waals surface area contributed by atoms with E-state index in [0.717, 1.165) is 5.56 Å². The number of rotatable bonds is 4. The van der Waals surface area contributed by atoms with Crippen molar-refractivity contribution in [2.75, 3.05) is 6.61 Å². The van der Waals surface area contributed by atoms with E-state index in [4.69, 9.17) is 4.74 Å². The Hall–Kier alpha value is -2.63. The van der Waals surface area contributed by atoms with Crippen LogP contribution in [0.2, 0.25) is 0 Å². The molecular formula is C13H12N2O4. The van der Waals surface area contributed by atoms with Crippen LogP contribution in [0.5, 0.6) is 0 Å². The van der Waals surface area contributed by atoms with Crippen LogP contribution in [0, 0.1) is 10.1 Å². The second-order valence-electron chi connectivity index (χ2n) is 3.81. The third kappa shape index (κ3) is 2.79. The molecular weight excluding hydrogens is 248 g/mol. The van der Waals surface area contributed by atoms with Gasteiger partial charge in [0.15, 0.2) is 0 Å². The number of aromatic amines is 1. The summed E-state index contributed by atoms with van der Waals surface area (Å²) < 4.78 is 4.87. The molecule has 2 aromatic rings. The van der Waals surface area contributed by atoms with Crippen molar-refractivity contribution in [1.82, 2.24) is 4.98 Å². The molecule has 0 unspecified atom stereocenters. The molecule has 2 rings (SSSR count). The third-order valence-corrected chi connectivity index (χ3v) is 2.57. The van der Waals surface area contributed by atoms with Gasteiger partial charge < -0.3 is 9.72 Å². The molecule has 0 aliphatic rings. The first-order chi connectivity index (χ1) is 9.11. The second-order valence-corrected chi connectivity index (χ2v) is 3.81. The SMILES string of the molecule is CCOC(=O)c1ccc(-c2ccc([N+](=O)[O-])cc2)[nH]1. The van der Waals surface area contributed by atoms with Gasteiger partial charge in [0.1, 0.15) is 5.69 Å². The summed E-state index contributed by atoms with van der Waals surface area (Å²) in [6.07, 6.45) is 0. The number of nitrogens with zero attached hydrogens (tertiary/aromatic N) is 1. The Labute approximate surface area is 109 Å². The van der Waals surface area contributed by atoms with E-state index in [-0.39, 0.29) is 5.69 Å². The summed E-state index contributed by atoms with van der Waals surface area (Å²) in [5, 5.41) is 10.6. The summed E-state index contributed by atoms with van der Waals surface area (Å²) in [6.45, 7) is 2.04. The van der Waals surface area contributed by atoms with Crippen LogP contribution in [0.25, 0.3) is 11.3 Å². The highest BCUT2D eigenvalue weighted by molar-refractivity contribution is 5.88.